The molecule has 3 nitrogen and oxygen atoms in total. The average Bonchev–Trinajstić information content (AvgIpc) is 2.69. The fourth-order valence-electron chi connectivity index (χ4n) is 1.44. The highest BCUT2D eigenvalue weighted by molar-refractivity contribution is 5.18. The minimum absolute atomic E-state index is 0.572. The summed E-state index contributed by atoms with van der Waals surface area (Å²) in [4.78, 5) is 0. The standard InChI is InChI=1S/C10H12O3/c1-11-10(12-7-8-13-10)9-5-3-2-4-6-9/h2-6H,7-8H2,1H3. The third-order valence-corrected chi connectivity index (χ3v) is 2.06. The van der Waals surface area contributed by atoms with Gasteiger partial charge in [0.15, 0.2) is 0 Å². The van der Waals surface area contributed by atoms with Crippen molar-refractivity contribution >= 4 is 0 Å². The van der Waals surface area contributed by atoms with Crippen LogP contribution in [0.2, 0.25) is 0 Å². The van der Waals surface area contributed by atoms with E-state index in [2.05, 4.69) is 0 Å². The molecule has 70 valence electrons. The van der Waals surface area contributed by atoms with E-state index in [4.69, 9.17) is 14.2 Å². The normalized spacial score (nSPS) is 20.4. The van der Waals surface area contributed by atoms with Gasteiger partial charge >= 0.3 is 5.97 Å². The highest BCUT2D eigenvalue weighted by atomic mass is 16.9. The molecule has 0 aliphatic carbocycles. The molecular formula is C10H12O3. The molecule has 0 bridgehead atoms. The summed E-state index contributed by atoms with van der Waals surface area (Å²) in [6.45, 7) is 1.14. The molecule has 0 unspecified atom stereocenters. The second kappa shape index (κ2) is 3.46. The van der Waals surface area contributed by atoms with Crippen molar-refractivity contribution in [1.82, 2.24) is 0 Å². The molecule has 3 heteroatoms. The Balaban J connectivity index is 2.31. The predicted molar refractivity (Wildman–Crippen MR) is 47.0 cm³/mol. The maximum absolute atomic E-state index is 5.43. The van der Waals surface area contributed by atoms with E-state index in [0.29, 0.717) is 13.2 Å². The largest absolute Gasteiger partial charge is 0.327 e. The molecule has 1 aromatic rings. The van der Waals surface area contributed by atoms with E-state index in [9.17, 15) is 0 Å². The molecule has 1 heterocycles. The topological polar surface area (TPSA) is 27.7 Å². The van der Waals surface area contributed by atoms with Gasteiger partial charge in [-0.1, -0.05) is 30.3 Å². The van der Waals surface area contributed by atoms with Crippen LogP contribution in [-0.4, -0.2) is 20.3 Å². The van der Waals surface area contributed by atoms with Crippen LogP contribution < -0.4 is 0 Å². The van der Waals surface area contributed by atoms with Crippen LogP contribution in [0.15, 0.2) is 30.3 Å². The Hall–Kier alpha value is -0.900. The molecule has 0 saturated carbocycles. The molecule has 1 fully saturated rings. The van der Waals surface area contributed by atoms with Crippen LogP contribution in [0, 0.1) is 0 Å². The Morgan fingerprint density at radius 1 is 1.15 bits per heavy atom. The second-order valence-electron chi connectivity index (χ2n) is 2.82. The smallest absolute Gasteiger partial charge is 0.311 e. The van der Waals surface area contributed by atoms with Crippen molar-refractivity contribution in [1.29, 1.82) is 0 Å². The summed E-state index contributed by atoms with van der Waals surface area (Å²) in [5.41, 5.74) is 0.898. The number of hydrogen-bond acceptors (Lipinski definition) is 3. The van der Waals surface area contributed by atoms with Gasteiger partial charge in [0, 0.05) is 12.7 Å². The molecule has 0 amide bonds. The van der Waals surface area contributed by atoms with E-state index in [-0.39, 0.29) is 0 Å². The van der Waals surface area contributed by atoms with Crippen LogP contribution >= 0.6 is 0 Å². The van der Waals surface area contributed by atoms with Gasteiger partial charge in [0.1, 0.15) is 0 Å². The summed E-state index contributed by atoms with van der Waals surface area (Å²) in [6, 6.07) is 9.66. The highest BCUT2D eigenvalue weighted by Crippen LogP contribution is 2.31. The third-order valence-electron chi connectivity index (χ3n) is 2.06. The van der Waals surface area contributed by atoms with E-state index in [0.717, 1.165) is 5.56 Å². The van der Waals surface area contributed by atoms with Gasteiger partial charge in [-0.25, -0.2) is 0 Å². The van der Waals surface area contributed by atoms with Gasteiger partial charge in [-0.3, -0.25) is 0 Å². The van der Waals surface area contributed by atoms with Gasteiger partial charge in [-0.15, -0.1) is 0 Å². The van der Waals surface area contributed by atoms with Crippen molar-refractivity contribution in [2.75, 3.05) is 20.3 Å². The van der Waals surface area contributed by atoms with Crippen LogP contribution in [0.1, 0.15) is 5.56 Å². The summed E-state index contributed by atoms with van der Waals surface area (Å²) in [6.07, 6.45) is 0. The molecule has 1 aromatic carbocycles. The van der Waals surface area contributed by atoms with Crippen LogP contribution in [-0.2, 0) is 20.2 Å². The molecule has 1 saturated heterocycles. The van der Waals surface area contributed by atoms with Crippen molar-refractivity contribution in [3.8, 4) is 0 Å². The van der Waals surface area contributed by atoms with Crippen LogP contribution in [0.3, 0.4) is 0 Å². The first kappa shape index (κ1) is 8.69. The van der Waals surface area contributed by atoms with E-state index < -0.39 is 5.97 Å². The molecule has 0 spiro atoms. The monoisotopic (exact) mass is 180 g/mol. The Bertz CT molecular complexity index is 265. The maximum atomic E-state index is 5.43. The first-order chi connectivity index (χ1) is 6.37. The average molecular weight is 180 g/mol. The lowest BCUT2D eigenvalue weighted by atomic mass is 10.2. The molecule has 1 aliphatic heterocycles. The molecule has 13 heavy (non-hydrogen) atoms. The lowest BCUT2D eigenvalue weighted by Gasteiger charge is -2.24. The van der Waals surface area contributed by atoms with E-state index >= 15 is 0 Å². The third kappa shape index (κ3) is 1.46. The number of ether oxygens (including phenoxy) is 3. The van der Waals surface area contributed by atoms with Gasteiger partial charge in [0.2, 0.25) is 0 Å². The van der Waals surface area contributed by atoms with Gasteiger partial charge in [-0.05, 0) is 0 Å². The van der Waals surface area contributed by atoms with Gasteiger partial charge in [0.25, 0.3) is 0 Å². The number of benzene rings is 1. The van der Waals surface area contributed by atoms with Gasteiger partial charge in [0.05, 0.1) is 13.2 Å². The van der Waals surface area contributed by atoms with E-state index in [1.165, 1.54) is 0 Å². The van der Waals surface area contributed by atoms with Crippen LogP contribution in [0.5, 0.6) is 0 Å². The maximum Gasteiger partial charge on any atom is 0.311 e. The summed E-state index contributed by atoms with van der Waals surface area (Å²) in [5, 5.41) is 0. The number of rotatable bonds is 2. The Labute approximate surface area is 77.2 Å². The minimum atomic E-state index is -0.971. The van der Waals surface area contributed by atoms with Crippen LogP contribution in [0.25, 0.3) is 0 Å². The van der Waals surface area contributed by atoms with Crippen molar-refractivity contribution in [2.24, 2.45) is 0 Å². The fraction of sp³-hybridized carbons (Fsp3) is 0.400. The van der Waals surface area contributed by atoms with Crippen molar-refractivity contribution in [2.45, 2.75) is 5.97 Å². The molecule has 0 aromatic heterocycles. The zero-order valence-corrected chi connectivity index (χ0v) is 7.53. The summed E-state index contributed by atoms with van der Waals surface area (Å²) in [7, 11) is 1.58. The fourth-order valence-corrected chi connectivity index (χ4v) is 1.44. The quantitative estimate of drug-likeness (QED) is 0.690. The predicted octanol–water partition coefficient (Wildman–Crippen LogP) is 1.49. The summed E-state index contributed by atoms with van der Waals surface area (Å²) in [5.74, 6) is -0.971. The highest BCUT2D eigenvalue weighted by Gasteiger charge is 2.38. The van der Waals surface area contributed by atoms with Crippen molar-refractivity contribution in [3.63, 3.8) is 0 Å². The lowest BCUT2D eigenvalue weighted by molar-refractivity contribution is -0.331. The van der Waals surface area contributed by atoms with Gasteiger partial charge in [-0.2, -0.15) is 0 Å². The number of methoxy groups -OCH3 is 1. The first-order valence-electron chi connectivity index (χ1n) is 4.26. The molecule has 1 aliphatic rings. The van der Waals surface area contributed by atoms with E-state index in [1.54, 1.807) is 7.11 Å². The minimum Gasteiger partial charge on any atom is -0.327 e. The van der Waals surface area contributed by atoms with E-state index in [1.807, 2.05) is 30.3 Å². The summed E-state index contributed by atoms with van der Waals surface area (Å²) < 4.78 is 16.1. The molecular weight excluding hydrogens is 168 g/mol. The molecule has 0 N–H and O–H groups in total. The van der Waals surface area contributed by atoms with Crippen molar-refractivity contribution < 1.29 is 14.2 Å². The molecule has 0 radical (unpaired) electrons. The summed E-state index contributed by atoms with van der Waals surface area (Å²) >= 11 is 0. The zero-order chi connectivity index (χ0) is 9.15. The Morgan fingerprint density at radius 3 is 2.31 bits per heavy atom. The Kier molecular flexibility index (Phi) is 2.31. The van der Waals surface area contributed by atoms with Crippen LogP contribution in [0.4, 0.5) is 0 Å². The second-order valence-corrected chi connectivity index (χ2v) is 2.82. The molecule has 0 atom stereocenters. The Morgan fingerprint density at radius 2 is 1.77 bits per heavy atom. The van der Waals surface area contributed by atoms with Gasteiger partial charge < -0.3 is 14.2 Å². The zero-order valence-electron chi connectivity index (χ0n) is 7.53. The van der Waals surface area contributed by atoms with Crippen molar-refractivity contribution in [3.05, 3.63) is 35.9 Å². The molecule has 2 rings (SSSR count). The SMILES string of the molecule is COC1(c2ccccc2)OCCO1. The first-order valence-corrected chi connectivity index (χ1v) is 4.26. The lowest BCUT2D eigenvalue weighted by Crippen LogP contribution is -2.29. The number of hydrogen-bond donors (Lipinski definition) is 0.